The van der Waals surface area contributed by atoms with E-state index >= 15 is 0 Å². The number of fused-ring (bicyclic) bond motifs is 1. The predicted octanol–water partition coefficient (Wildman–Crippen LogP) is 1.73. The highest BCUT2D eigenvalue weighted by Crippen LogP contribution is 2.33. The molecule has 2 aliphatic heterocycles. The predicted molar refractivity (Wildman–Crippen MR) is 71.5 cm³/mol. The molecule has 6 nitrogen and oxygen atoms in total. The lowest BCUT2D eigenvalue weighted by Crippen LogP contribution is -2.43. The zero-order valence-electron chi connectivity index (χ0n) is 11.2. The van der Waals surface area contributed by atoms with E-state index in [0.29, 0.717) is 36.6 Å². The fraction of sp³-hybridized carbons (Fsp3) is 0.429. The molecule has 106 valence electrons. The Morgan fingerprint density at radius 2 is 2.20 bits per heavy atom. The molecule has 1 amide bonds. The number of carbonyl (C=O) groups excluding carboxylic acids is 1. The van der Waals surface area contributed by atoms with Gasteiger partial charge in [-0.2, -0.15) is 0 Å². The first-order valence-corrected chi connectivity index (χ1v) is 6.59. The minimum absolute atomic E-state index is 0.0351. The summed E-state index contributed by atoms with van der Waals surface area (Å²) in [7, 11) is 0. The molecule has 0 aromatic heterocycles. The third-order valence-corrected chi connectivity index (χ3v) is 3.74. The molecule has 0 saturated carbocycles. The van der Waals surface area contributed by atoms with E-state index in [1.54, 1.807) is 23.1 Å². The molecular weight excluding hydrogens is 260 g/mol. The van der Waals surface area contributed by atoms with Crippen molar-refractivity contribution < 1.29 is 19.5 Å². The summed E-state index contributed by atoms with van der Waals surface area (Å²) in [6.07, 6.45) is 0.605. The van der Waals surface area contributed by atoms with Gasteiger partial charge in [0.2, 0.25) is 6.79 Å². The SMILES string of the molecule is CC1CN(C(=O)c2ccc3c(c2)OCO3)CC/C1=N\O. The van der Waals surface area contributed by atoms with Crippen LogP contribution in [0.25, 0.3) is 0 Å². The smallest absolute Gasteiger partial charge is 0.254 e. The van der Waals surface area contributed by atoms with Gasteiger partial charge in [0.1, 0.15) is 0 Å². The Morgan fingerprint density at radius 3 is 2.95 bits per heavy atom. The van der Waals surface area contributed by atoms with Gasteiger partial charge in [0.15, 0.2) is 11.5 Å². The summed E-state index contributed by atoms with van der Waals surface area (Å²) in [4.78, 5) is 14.2. The Morgan fingerprint density at radius 1 is 1.40 bits per heavy atom. The van der Waals surface area contributed by atoms with Crippen molar-refractivity contribution >= 4 is 11.6 Å². The van der Waals surface area contributed by atoms with Crippen molar-refractivity contribution in [2.24, 2.45) is 11.1 Å². The molecule has 0 radical (unpaired) electrons. The van der Waals surface area contributed by atoms with Crippen LogP contribution in [0.5, 0.6) is 11.5 Å². The number of carbonyl (C=O) groups is 1. The molecule has 0 spiro atoms. The lowest BCUT2D eigenvalue weighted by Gasteiger charge is -2.31. The highest BCUT2D eigenvalue weighted by Gasteiger charge is 2.27. The minimum atomic E-state index is -0.0351. The van der Waals surface area contributed by atoms with Gasteiger partial charge >= 0.3 is 0 Å². The van der Waals surface area contributed by atoms with Crippen LogP contribution < -0.4 is 9.47 Å². The number of likely N-dealkylation sites (tertiary alicyclic amines) is 1. The average Bonchev–Trinajstić information content (AvgIpc) is 2.93. The summed E-state index contributed by atoms with van der Waals surface area (Å²) >= 11 is 0. The molecule has 1 fully saturated rings. The maximum Gasteiger partial charge on any atom is 0.254 e. The number of oxime groups is 1. The van der Waals surface area contributed by atoms with E-state index in [2.05, 4.69) is 5.16 Å². The minimum Gasteiger partial charge on any atom is -0.454 e. The molecule has 1 N–H and O–H groups in total. The number of amides is 1. The average molecular weight is 276 g/mol. The van der Waals surface area contributed by atoms with Crippen LogP contribution in [0.3, 0.4) is 0 Å². The van der Waals surface area contributed by atoms with Crippen LogP contribution >= 0.6 is 0 Å². The maximum absolute atomic E-state index is 12.5. The number of hydrogen-bond donors (Lipinski definition) is 1. The van der Waals surface area contributed by atoms with E-state index in [9.17, 15) is 4.79 Å². The van der Waals surface area contributed by atoms with Gasteiger partial charge in [-0.3, -0.25) is 4.79 Å². The molecule has 6 heteroatoms. The lowest BCUT2D eigenvalue weighted by molar-refractivity contribution is 0.0733. The number of nitrogens with zero attached hydrogens (tertiary/aromatic N) is 2. The van der Waals surface area contributed by atoms with Crippen LogP contribution in [0, 0.1) is 5.92 Å². The fourth-order valence-corrected chi connectivity index (χ4v) is 2.57. The van der Waals surface area contributed by atoms with Crippen molar-refractivity contribution in [2.45, 2.75) is 13.3 Å². The molecule has 2 heterocycles. The van der Waals surface area contributed by atoms with E-state index in [-0.39, 0.29) is 18.6 Å². The van der Waals surface area contributed by atoms with Gasteiger partial charge in [0.05, 0.1) is 5.71 Å². The van der Waals surface area contributed by atoms with Crippen molar-refractivity contribution in [3.63, 3.8) is 0 Å². The van der Waals surface area contributed by atoms with Crippen LogP contribution in [-0.2, 0) is 0 Å². The van der Waals surface area contributed by atoms with Gasteiger partial charge in [0.25, 0.3) is 5.91 Å². The van der Waals surface area contributed by atoms with E-state index < -0.39 is 0 Å². The molecule has 20 heavy (non-hydrogen) atoms. The van der Waals surface area contributed by atoms with Gasteiger partial charge in [-0.15, -0.1) is 0 Å². The van der Waals surface area contributed by atoms with E-state index in [0.717, 1.165) is 5.71 Å². The zero-order valence-corrected chi connectivity index (χ0v) is 11.2. The first kappa shape index (κ1) is 12.8. The van der Waals surface area contributed by atoms with Crippen LogP contribution in [0.2, 0.25) is 0 Å². The Labute approximate surface area is 116 Å². The van der Waals surface area contributed by atoms with Crippen LogP contribution in [-0.4, -0.2) is 41.6 Å². The molecule has 1 aromatic carbocycles. The van der Waals surface area contributed by atoms with Crippen molar-refractivity contribution in [1.29, 1.82) is 0 Å². The monoisotopic (exact) mass is 276 g/mol. The largest absolute Gasteiger partial charge is 0.454 e. The zero-order chi connectivity index (χ0) is 14.1. The fourth-order valence-electron chi connectivity index (χ4n) is 2.57. The molecule has 3 rings (SSSR count). The quantitative estimate of drug-likeness (QED) is 0.626. The molecule has 0 aliphatic carbocycles. The van der Waals surface area contributed by atoms with Gasteiger partial charge in [-0.1, -0.05) is 12.1 Å². The summed E-state index contributed by atoms with van der Waals surface area (Å²) in [6, 6.07) is 5.21. The van der Waals surface area contributed by atoms with Crippen LogP contribution in [0.4, 0.5) is 0 Å². The van der Waals surface area contributed by atoms with Gasteiger partial charge in [0, 0.05) is 31.0 Å². The van der Waals surface area contributed by atoms with E-state index in [1.165, 1.54) is 0 Å². The van der Waals surface area contributed by atoms with Crippen molar-refractivity contribution in [1.82, 2.24) is 4.90 Å². The summed E-state index contributed by atoms with van der Waals surface area (Å²) in [5, 5.41) is 12.1. The summed E-state index contributed by atoms with van der Waals surface area (Å²) in [5.41, 5.74) is 1.34. The third-order valence-electron chi connectivity index (χ3n) is 3.74. The Bertz CT molecular complexity index is 570. The summed E-state index contributed by atoms with van der Waals surface area (Å²) in [6.45, 7) is 3.28. The molecule has 1 aromatic rings. The number of hydrogen-bond acceptors (Lipinski definition) is 5. The Hall–Kier alpha value is -2.24. The third kappa shape index (κ3) is 2.17. The second kappa shape index (κ2) is 5.03. The second-order valence-electron chi connectivity index (χ2n) is 5.06. The first-order valence-electron chi connectivity index (χ1n) is 6.59. The maximum atomic E-state index is 12.5. The van der Waals surface area contributed by atoms with Crippen LogP contribution in [0.15, 0.2) is 23.4 Å². The molecular formula is C14H16N2O4. The number of piperidine rings is 1. The van der Waals surface area contributed by atoms with Gasteiger partial charge in [-0.05, 0) is 18.2 Å². The molecule has 0 bridgehead atoms. The van der Waals surface area contributed by atoms with E-state index in [1.807, 2.05) is 6.92 Å². The summed E-state index contributed by atoms with van der Waals surface area (Å²) in [5.74, 6) is 1.32. The summed E-state index contributed by atoms with van der Waals surface area (Å²) < 4.78 is 10.5. The van der Waals surface area contributed by atoms with Crippen molar-refractivity contribution in [3.05, 3.63) is 23.8 Å². The van der Waals surface area contributed by atoms with Crippen LogP contribution in [0.1, 0.15) is 23.7 Å². The number of rotatable bonds is 1. The van der Waals surface area contributed by atoms with Crippen molar-refractivity contribution in [2.75, 3.05) is 19.9 Å². The topological polar surface area (TPSA) is 71.4 Å². The van der Waals surface area contributed by atoms with Gasteiger partial charge in [-0.25, -0.2) is 0 Å². The Balaban J connectivity index is 1.76. The standard InChI is InChI=1S/C14H16N2O4/c1-9-7-16(5-4-11(9)15-18)14(17)10-2-3-12-13(6-10)20-8-19-12/h2-3,6,9,18H,4-5,7-8H2,1H3/b15-11+. The highest BCUT2D eigenvalue weighted by molar-refractivity contribution is 5.97. The molecule has 1 saturated heterocycles. The normalized spacial score (nSPS) is 23.1. The molecule has 1 atom stereocenters. The molecule has 2 aliphatic rings. The Kier molecular flexibility index (Phi) is 3.22. The highest BCUT2D eigenvalue weighted by atomic mass is 16.7. The number of ether oxygens (including phenoxy) is 2. The number of benzene rings is 1. The first-order chi connectivity index (χ1) is 9.69. The second-order valence-corrected chi connectivity index (χ2v) is 5.06. The van der Waals surface area contributed by atoms with E-state index in [4.69, 9.17) is 14.7 Å². The molecule has 1 unspecified atom stereocenters. The van der Waals surface area contributed by atoms with Crippen molar-refractivity contribution in [3.8, 4) is 11.5 Å². The van der Waals surface area contributed by atoms with Gasteiger partial charge < -0.3 is 19.6 Å². The lowest BCUT2D eigenvalue weighted by atomic mass is 9.97.